The van der Waals surface area contributed by atoms with Gasteiger partial charge in [0.2, 0.25) is 0 Å². The van der Waals surface area contributed by atoms with E-state index in [0.717, 1.165) is 23.1 Å². The summed E-state index contributed by atoms with van der Waals surface area (Å²) in [6.07, 6.45) is 3.38. The number of hydrogen-bond donors (Lipinski definition) is 0. The van der Waals surface area contributed by atoms with E-state index in [9.17, 15) is 8.78 Å². The van der Waals surface area contributed by atoms with Crippen LogP contribution in [0.2, 0.25) is 0 Å². The van der Waals surface area contributed by atoms with Gasteiger partial charge in [-0.15, -0.1) is 0 Å². The Bertz CT molecular complexity index is 1250. The molecule has 2 aromatic carbocycles. The van der Waals surface area contributed by atoms with Gasteiger partial charge in [-0.05, 0) is 47.5 Å². The van der Waals surface area contributed by atoms with Crippen LogP contribution in [0.4, 0.5) is 14.6 Å². The van der Waals surface area contributed by atoms with Crippen molar-refractivity contribution in [3.05, 3.63) is 66.5 Å². The standard InChI is InChI=1S/C24H22F2N4O2/c1-30(9-10-31-2)24-18-11-17(15-6-7-19(25)20(26)12-15)13-21(32-3)22(18)28-23(29-24)16-5-4-8-27-14-16/h4-8,11-14H,9-10H2,1-3H3. The quantitative estimate of drug-likeness (QED) is 0.418. The molecule has 2 heterocycles. The van der Waals surface area contributed by atoms with E-state index in [4.69, 9.17) is 19.4 Å². The molecule has 4 aromatic rings. The average Bonchev–Trinajstić information content (AvgIpc) is 2.83. The number of rotatable bonds is 7. The molecule has 0 fully saturated rings. The SMILES string of the molecule is COCCN(C)c1nc(-c2cccnc2)nc2c(OC)cc(-c3ccc(F)c(F)c3)cc12. The topological polar surface area (TPSA) is 60.4 Å². The number of fused-ring (bicyclic) bond motifs is 1. The summed E-state index contributed by atoms with van der Waals surface area (Å²) < 4.78 is 38.2. The number of nitrogens with zero attached hydrogens (tertiary/aromatic N) is 4. The fraction of sp³-hybridized carbons (Fsp3) is 0.208. The second-order valence-corrected chi connectivity index (χ2v) is 7.23. The smallest absolute Gasteiger partial charge is 0.163 e. The van der Waals surface area contributed by atoms with Gasteiger partial charge in [0.05, 0.1) is 13.7 Å². The van der Waals surface area contributed by atoms with Crippen molar-refractivity contribution >= 4 is 16.7 Å². The highest BCUT2D eigenvalue weighted by Gasteiger charge is 2.18. The third kappa shape index (κ3) is 4.22. The summed E-state index contributed by atoms with van der Waals surface area (Å²) in [5.41, 5.74) is 2.55. The molecule has 0 N–H and O–H groups in total. The monoisotopic (exact) mass is 436 g/mol. The first kappa shape index (κ1) is 21.6. The maximum absolute atomic E-state index is 13.9. The molecule has 4 rings (SSSR count). The van der Waals surface area contributed by atoms with Crippen LogP contribution in [0.25, 0.3) is 33.4 Å². The maximum Gasteiger partial charge on any atom is 0.163 e. The van der Waals surface area contributed by atoms with Crippen LogP contribution in [0.15, 0.2) is 54.9 Å². The van der Waals surface area contributed by atoms with E-state index in [1.807, 2.05) is 30.1 Å². The Morgan fingerprint density at radius 1 is 0.938 bits per heavy atom. The van der Waals surface area contributed by atoms with E-state index in [1.165, 1.54) is 6.07 Å². The Morgan fingerprint density at radius 2 is 1.78 bits per heavy atom. The van der Waals surface area contributed by atoms with E-state index >= 15 is 0 Å². The lowest BCUT2D eigenvalue weighted by Gasteiger charge is -2.21. The molecule has 0 atom stereocenters. The third-order valence-electron chi connectivity index (χ3n) is 5.13. The molecule has 32 heavy (non-hydrogen) atoms. The van der Waals surface area contributed by atoms with Crippen molar-refractivity contribution < 1.29 is 18.3 Å². The summed E-state index contributed by atoms with van der Waals surface area (Å²) in [5.74, 6) is -0.151. The molecule has 0 saturated heterocycles. The van der Waals surface area contributed by atoms with Crippen LogP contribution in [-0.2, 0) is 4.74 Å². The summed E-state index contributed by atoms with van der Waals surface area (Å²) in [6, 6.07) is 11.1. The Kier molecular flexibility index (Phi) is 6.23. The van der Waals surface area contributed by atoms with Crippen LogP contribution >= 0.6 is 0 Å². The van der Waals surface area contributed by atoms with Crippen LogP contribution in [0.1, 0.15) is 0 Å². The van der Waals surface area contributed by atoms with Crippen LogP contribution in [0, 0.1) is 11.6 Å². The maximum atomic E-state index is 13.9. The number of benzene rings is 2. The summed E-state index contributed by atoms with van der Waals surface area (Å²) in [4.78, 5) is 15.7. The second-order valence-electron chi connectivity index (χ2n) is 7.23. The van der Waals surface area contributed by atoms with E-state index in [0.29, 0.717) is 47.2 Å². The van der Waals surface area contributed by atoms with Gasteiger partial charge in [0, 0.05) is 44.0 Å². The van der Waals surface area contributed by atoms with E-state index in [1.54, 1.807) is 32.7 Å². The highest BCUT2D eigenvalue weighted by molar-refractivity contribution is 5.98. The number of halogens is 2. The number of ether oxygens (including phenoxy) is 2. The summed E-state index contributed by atoms with van der Waals surface area (Å²) >= 11 is 0. The average molecular weight is 436 g/mol. The molecule has 8 heteroatoms. The van der Waals surface area contributed by atoms with Crippen molar-refractivity contribution in [2.24, 2.45) is 0 Å². The van der Waals surface area contributed by atoms with Gasteiger partial charge in [-0.25, -0.2) is 18.7 Å². The molecule has 0 saturated carbocycles. The Morgan fingerprint density at radius 3 is 2.47 bits per heavy atom. The highest BCUT2D eigenvalue weighted by atomic mass is 19.2. The van der Waals surface area contributed by atoms with Crippen molar-refractivity contribution in [1.82, 2.24) is 15.0 Å². The lowest BCUT2D eigenvalue weighted by molar-refractivity contribution is 0.206. The molecule has 0 spiro atoms. The van der Waals surface area contributed by atoms with E-state index in [-0.39, 0.29) is 0 Å². The molecule has 0 bridgehead atoms. The fourth-order valence-corrected chi connectivity index (χ4v) is 3.43. The van der Waals surface area contributed by atoms with Crippen LogP contribution < -0.4 is 9.64 Å². The Hall–Kier alpha value is -3.65. The largest absolute Gasteiger partial charge is 0.494 e. The number of methoxy groups -OCH3 is 2. The predicted octanol–water partition coefficient (Wildman–Crippen LogP) is 4.73. The molecule has 0 unspecified atom stereocenters. The highest BCUT2D eigenvalue weighted by Crippen LogP contribution is 2.37. The van der Waals surface area contributed by atoms with Gasteiger partial charge in [0.25, 0.3) is 0 Å². The van der Waals surface area contributed by atoms with Crippen LogP contribution in [0.3, 0.4) is 0 Å². The number of aromatic nitrogens is 3. The lowest BCUT2D eigenvalue weighted by atomic mass is 10.0. The number of pyridine rings is 1. The minimum absolute atomic E-state index is 0.496. The molecule has 0 radical (unpaired) electrons. The van der Waals surface area contributed by atoms with Crippen molar-refractivity contribution in [3.8, 4) is 28.3 Å². The van der Waals surface area contributed by atoms with Gasteiger partial charge >= 0.3 is 0 Å². The summed E-state index contributed by atoms with van der Waals surface area (Å²) in [5, 5.41) is 0.718. The zero-order valence-electron chi connectivity index (χ0n) is 18.0. The summed E-state index contributed by atoms with van der Waals surface area (Å²) in [6.45, 7) is 1.09. The molecular weight excluding hydrogens is 414 g/mol. The zero-order valence-corrected chi connectivity index (χ0v) is 18.0. The Labute approximate surface area is 184 Å². The van der Waals surface area contributed by atoms with E-state index < -0.39 is 11.6 Å². The summed E-state index contributed by atoms with van der Waals surface area (Å²) in [7, 11) is 5.09. The van der Waals surface area contributed by atoms with Gasteiger partial charge < -0.3 is 14.4 Å². The number of likely N-dealkylation sites (N-methyl/N-ethyl adjacent to an activating group) is 1. The molecule has 6 nitrogen and oxygen atoms in total. The number of hydrogen-bond acceptors (Lipinski definition) is 6. The fourth-order valence-electron chi connectivity index (χ4n) is 3.43. The van der Waals surface area contributed by atoms with Crippen LogP contribution in [0.5, 0.6) is 5.75 Å². The first-order chi connectivity index (χ1) is 15.5. The minimum Gasteiger partial charge on any atom is -0.494 e. The molecule has 0 aliphatic carbocycles. The van der Waals surface area contributed by atoms with Gasteiger partial charge in [0.15, 0.2) is 17.5 Å². The molecule has 0 aliphatic heterocycles. The molecule has 164 valence electrons. The van der Waals surface area contributed by atoms with Gasteiger partial charge in [-0.2, -0.15) is 0 Å². The van der Waals surface area contributed by atoms with Gasteiger partial charge in [0.1, 0.15) is 17.1 Å². The molecule has 2 aromatic heterocycles. The van der Waals surface area contributed by atoms with Gasteiger partial charge in [-0.1, -0.05) is 6.07 Å². The lowest BCUT2D eigenvalue weighted by Crippen LogP contribution is -2.23. The first-order valence-corrected chi connectivity index (χ1v) is 9.97. The van der Waals surface area contributed by atoms with E-state index in [2.05, 4.69) is 4.98 Å². The van der Waals surface area contributed by atoms with Gasteiger partial charge in [-0.3, -0.25) is 4.98 Å². The number of anilines is 1. The van der Waals surface area contributed by atoms with Crippen molar-refractivity contribution in [3.63, 3.8) is 0 Å². The molecule has 0 amide bonds. The van der Waals surface area contributed by atoms with Crippen LogP contribution in [-0.4, -0.2) is 49.4 Å². The Balaban J connectivity index is 1.97. The predicted molar refractivity (Wildman–Crippen MR) is 120 cm³/mol. The minimum atomic E-state index is -0.915. The third-order valence-corrected chi connectivity index (χ3v) is 5.13. The van der Waals surface area contributed by atoms with Crippen molar-refractivity contribution in [2.75, 3.05) is 39.3 Å². The second kappa shape index (κ2) is 9.23. The normalized spacial score (nSPS) is 11.0. The van der Waals surface area contributed by atoms with Crippen molar-refractivity contribution in [2.45, 2.75) is 0 Å². The molecular formula is C24H22F2N4O2. The molecule has 0 aliphatic rings. The van der Waals surface area contributed by atoms with Crippen molar-refractivity contribution in [1.29, 1.82) is 0 Å². The first-order valence-electron chi connectivity index (χ1n) is 9.97. The zero-order chi connectivity index (χ0) is 22.7.